The highest BCUT2D eigenvalue weighted by Crippen LogP contribution is 2.19. The zero-order valence-electron chi connectivity index (χ0n) is 15.4. The van der Waals surface area contributed by atoms with Crippen LogP contribution in [0.5, 0.6) is 0 Å². The molecule has 5 heteroatoms. The Morgan fingerprint density at radius 3 is 1.80 bits per heavy atom. The average Bonchev–Trinajstić information content (AvgIpc) is 2.52. The van der Waals surface area contributed by atoms with Crippen LogP contribution in [0.3, 0.4) is 0 Å². The summed E-state index contributed by atoms with van der Waals surface area (Å²) >= 11 is 0. The molecule has 0 radical (unpaired) electrons. The van der Waals surface area contributed by atoms with E-state index in [1.165, 1.54) is 11.6 Å². The third-order valence-corrected chi connectivity index (χ3v) is 3.74. The highest BCUT2D eigenvalue weighted by molar-refractivity contribution is 6.03. The summed E-state index contributed by atoms with van der Waals surface area (Å²) in [6, 6.07) is 7.35. The van der Waals surface area contributed by atoms with E-state index in [2.05, 4.69) is 24.0 Å². The highest BCUT2D eigenvalue weighted by atomic mass is 16.4. The van der Waals surface area contributed by atoms with Crippen molar-refractivity contribution in [2.45, 2.75) is 47.5 Å². The van der Waals surface area contributed by atoms with Crippen LogP contribution in [0.25, 0.3) is 0 Å². The van der Waals surface area contributed by atoms with Crippen molar-refractivity contribution in [3.63, 3.8) is 0 Å². The maximum atomic E-state index is 11.0. The van der Waals surface area contributed by atoms with Gasteiger partial charge in [0, 0.05) is 11.4 Å². The number of aryl methyl sites for hydroxylation is 5. The quantitative estimate of drug-likeness (QED) is 0.868. The van der Waals surface area contributed by atoms with E-state index in [0.29, 0.717) is 18.4 Å². The molecule has 2 N–H and O–H groups in total. The van der Waals surface area contributed by atoms with Gasteiger partial charge in [0.1, 0.15) is 0 Å². The number of benzene rings is 1. The Labute approximate surface area is 148 Å². The molecule has 2 aromatic rings. The van der Waals surface area contributed by atoms with Gasteiger partial charge in [-0.2, -0.15) is 0 Å². The molecule has 0 amide bonds. The Morgan fingerprint density at radius 2 is 1.44 bits per heavy atom. The molecule has 5 nitrogen and oxygen atoms in total. The molecule has 1 aromatic heterocycles. The fraction of sp³-hybridized carbons (Fsp3) is 0.350. The van der Waals surface area contributed by atoms with Gasteiger partial charge in [-0.05, 0) is 68.5 Å². The maximum Gasteiger partial charge on any atom is 0.336 e. The second-order valence-electron chi connectivity index (χ2n) is 5.92. The Hall–Kier alpha value is -2.69. The molecule has 1 aromatic carbocycles. The number of nitrogens with zero attached hydrogens (tertiary/aromatic N) is 1. The number of carbonyl (C=O) groups is 2. The van der Waals surface area contributed by atoms with Gasteiger partial charge in [-0.1, -0.05) is 19.9 Å². The van der Waals surface area contributed by atoms with Gasteiger partial charge in [0.05, 0.1) is 11.1 Å². The molecule has 0 fully saturated rings. The van der Waals surface area contributed by atoms with E-state index >= 15 is 0 Å². The zero-order chi connectivity index (χ0) is 19.1. The van der Waals surface area contributed by atoms with Crippen LogP contribution in [0.2, 0.25) is 0 Å². The molecule has 134 valence electrons. The molecule has 2 rings (SSSR count). The smallest absolute Gasteiger partial charge is 0.336 e. The number of carboxylic acids is 2. The van der Waals surface area contributed by atoms with E-state index in [0.717, 1.165) is 17.0 Å². The third-order valence-electron chi connectivity index (χ3n) is 3.74. The largest absolute Gasteiger partial charge is 0.478 e. The van der Waals surface area contributed by atoms with Gasteiger partial charge >= 0.3 is 11.9 Å². The van der Waals surface area contributed by atoms with Crippen LogP contribution in [0.1, 0.15) is 62.6 Å². The van der Waals surface area contributed by atoms with Crippen LogP contribution in [0.15, 0.2) is 24.3 Å². The second kappa shape index (κ2) is 8.97. The summed E-state index contributed by atoms with van der Waals surface area (Å²) in [7, 11) is 0. The van der Waals surface area contributed by atoms with Crippen molar-refractivity contribution in [3.05, 3.63) is 63.5 Å². The second-order valence-corrected chi connectivity index (χ2v) is 5.92. The van der Waals surface area contributed by atoms with Crippen molar-refractivity contribution >= 4 is 11.9 Å². The molecule has 0 bridgehead atoms. The summed E-state index contributed by atoms with van der Waals surface area (Å²) in [4.78, 5) is 26.3. The molecule has 0 unspecified atom stereocenters. The summed E-state index contributed by atoms with van der Waals surface area (Å²) in [5, 5.41) is 18.0. The van der Waals surface area contributed by atoms with Crippen molar-refractivity contribution < 1.29 is 19.8 Å². The van der Waals surface area contributed by atoms with Gasteiger partial charge in [-0.25, -0.2) is 9.59 Å². The molecular weight excluding hydrogens is 318 g/mol. The van der Waals surface area contributed by atoms with Crippen molar-refractivity contribution in [2.75, 3.05) is 0 Å². The topological polar surface area (TPSA) is 87.5 Å². The van der Waals surface area contributed by atoms with Crippen molar-refractivity contribution in [2.24, 2.45) is 0 Å². The zero-order valence-corrected chi connectivity index (χ0v) is 15.4. The van der Waals surface area contributed by atoms with Gasteiger partial charge < -0.3 is 10.2 Å². The first-order valence-electron chi connectivity index (χ1n) is 8.23. The summed E-state index contributed by atoms with van der Waals surface area (Å²) in [5.74, 6) is -2.38. The average molecular weight is 343 g/mol. The molecule has 1 heterocycles. The normalized spacial score (nSPS) is 9.96. The van der Waals surface area contributed by atoms with E-state index in [1.54, 1.807) is 6.07 Å². The van der Waals surface area contributed by atoms with Crippen molar-refractivity contribution in [1.82, 2.24) is 4.98 Å². The van der Waals surface area contributed by atoms with Crippen LogP contribution in [-0.4, -0.2) is 27.1 Å². The Bertz CT molecular complexity index is 731. The molecular formula is C20H25NO4. The minimum Gasteiger partial charge on any atom is -0.478 e. The van der Waals surface area contributed by atoms with Gasteiger partial charge in [0.2, 0.25) is 0 Å². The monoisotopic (exact) mass is 343 g/mol. The first-order valence-corrected chi connectivity index (χ1v) is 8.23. The standard InChI is InChI=1S/C12H14O4.C8H11N/c1-3-7-5-8(4-2)10(12(15)16)9(6-7)11(13)14;1-6-4-7(2)9-8(3)5-6/h5-6H,3-4H2,1-2H3,(H,13,14)(H,15,16);4-5H,1-3H3. The molecule has 0 aliphatic rings. The molecule has 0 aliphatic heterocycles. The number of hydrogen-bond donors (Lipinski definition) is 2. The summed E-state index contributed by atoms with van der Waals surface area (Å²) in [6.45, 7) is 9.83. The number of aromatic nitrogens is 1. The lowest BCUT2D eigenvalue weighted by Crippen LogP contribution is -2.12. The Balaban J connectivity index is 0.000000293. The third kappa shape index (κ3) is 5.71. The predicted molar refractivity (Wildman–Crippen MR) is 97.6 cm³/mol. The molecule has 0 spiro atoms. The van der Waals surface area contributed by atoms with Crippen LogP contribution >= 0.6 is 0 Å². The number of pyridine rings is 1. The number of aromatic carboxylic acids is 2. The number of hydrogen-bond acceptors (Lipinski definition) is 3. The molecule has 0 atom stereocenters. The van der Waals surface area contributed by atoms with Crippen molar-refractivity contribution in [1.29, 1.82) is 0 Å². The first-order chi connectivity index (χ1) is 11.7. The number of rotatable bonds is 4. The molecule has 0 aliphatic carbocycles. The van der Waals surface area contributed by atoms with Crippen LogP contribution in [0.4, 0.5) is 0 Å². The van der Waals surface area contributed by atoms with Crippen LogP contribution in [0, 0.1) is 20.8 Å². The van der Waals surface area contributed by atoms with Crippen LogP contribution < -0.4 is 0 Å². The van der Waals surface area contributed by atoms with Crippen molar-refractivity contribution in [3.8, 4) is 0 Å². The molecule has 25 heavy (non-hydrogen) atoms. The van der Waals surface area contributed by atoms with Gasteiger partial charge in [-0.15, -0.1) is 0 Å². The minimum absolute atomic E-state index is 0.0906. The first kappa shape index (κ1) is 20.4. The lowest BCUT2D eigenvalue weighted by molar-refractivity contribution is 0.0650. The fourth-order valence-electron chi connectivity index (χ4n) is 2.72. The molecule has 0 saturated carbocycles. The van der Waals surface area contributed by atoms with Gasteiger partial charge in [-0.3, -0.25) is 4.98 Å². The molecule has 0 saturated heterocycles. The SMILES string of the molecule is CCc1cc(CC)c(C(=O)O)c(C(=O)O)c1.Cc1cc(C)nc(C)c1. The predicted octanol–water partition coefficient (Wildman–Crippen LogP) is 4.21. The highest BCUT2D eigenvalue weighted by Gasteiger charge is 2.20. The Kier molecular flexibility index (Phi) is 7.30. The summed E-state index contributed by atoms with van der Waals surface area (Å²) in [6.07, 6.45) is 1.20. The number of carboxylic acid groups (broad SMARTS) is 2. The van der Waals surface area contributed by atoms with Gasteiger partial charge in [0.25, 0.3) is 0 Å². The fourth-order valence-corrected chi connectivity index (χ4v) is 2.72. The van der Waals surface area contributed by atoms with E-state index in [-0.39, 0.29) is 11.1 Å². The van der Waals surface area contributed by atoms with E-state index < -0.39 is 11.9 Å². The summed E-state index contributed by atoms with van der Waals surface area (Å²) in [5.41, 5.74) is 4.71. The lowest BCUT2D eigenvalue weighted by Gasteiger charge is -2.10. The van der Waals surface area contributed by atoms with Crippen LogP contribution in [-0.2, 0) is 12.8 Å². The van der Waals surface area contributed by atoms with E-state index in [4.69, 9.17) is 10.2 Å². The minimum atomic E-state index is -1.19. The maximum absolute atomic E-state index is 11.0. The van der Waals surface area contributed by atoms with Gasteiger partial charge in [0.15, 0.2) is 0 Å². The van der Waals surface area contributed by atoms with E-state index in [1.807, 2.05) is 27.7 Å². The summed E-state index contributed by atoms with van der Waals surface area (Å²) < 4.78 is 0. The van der Waals surface area contributed by atoms with E-state index in [9.17, 15) is 9.59 Å². The lowest BCUT2D eigenvalue weighted by atomic mass is 9.95. The Morgan fingerprint density at radius 1 is 0.880 bits per heavy atom.